The minimum Gasteiger partial charge on any atom is -0.459 e. The topological polar surface area (TPSA) is 303 Å². The average molecular weight is 1430 g/mol. The summed E-state index contributed by atoms with van der Waals surface area (Å²) < 4.78 is 89.6. The van der Waals surface area contributed by atoms with Crippen molar-refractivity contribution in [2.45, 2.75) is 99.0 Å². The van der Waals surface area contributed by atoms with Gasteiger partial charge in [0, 0.05) is 0 Å². The van der Waals surface area contributed by atoms with Crippen LogP contribution in [0.5, 0.6) is 0 Å². The van der Waals surface area contributed by atoms with Crippen molar-refractivity contribution in [2.24, 2.45) is 0 Å². The number of hydrogen-bond donors (Lipinski definition) is 1. The predicted octanol–water partition coefficient (Wildman–Crippen LogP) is 10.2. The van der Waals surface area contributed by atoms with Crippen LogP contribution in [-0.4, -0.2) is 164 Å². The molecule has 0 amide bonds. The molecule has 0 saturated carbocycles. The molecule has 0 bridgehead atoms. The Labute approximate surface area is 601 Å². The summed E-state index contributed by atoms with van der Waals surface area (Å²) >= 11 is 0. The first-order valence-electron chi connectivity index (χ1n) is 33.4. The lowest BCUT2D eigenvalue weighted by molar-refractivity contribution is -0.358. The van der Waals surface area contributed by atoms with E-state index in [4.69, 9.17) is 66.3 Å². The van der Waals surface area contributed by atoms with Crippen LogP contribution >= 0.6 is 0 Å². The maximum atomic E-state index is 15.1. The second kappa shape index (κ2) is 34.8. The molecule has 0 aromatic heterocycles. The Hall–Kier alpha value is -12.0. The maximum Gasteiger partial charge on any atom is 0.338 e. The number of benzene rings is 9. The van der Waals surface area contributed by atoms with Crippen LogP contribution in [0.2, 0.25) is 0 Å². The van der Waals surface area contributed by atoms with Gasteiger partial charge in [0.2, 0.25) is 0 Å². The molecule has 105 heavy (non-hydrogen) atoms. The summed E-state index contributed by atoms with van der Waals surface area (Å²) in [5, 5.41) is 12.2. The maximum absolute atomic E-state index is 15.1. The molecular formula is C81H68O24. The molecular weight excluding hydrogens is 1360 g/mol. The first-order chi connectivity index (χ1) is 51.1. The number of carbonyl (C=O) groups excluding carboxylic acids is 9. The van der Waals surface area contributed by atoms with E-state index in [2.05, 4.69) is 0 Å². The van der Waals surface area contributed by atoms with Gasteiger partial charge in [0.1, 0.15) is 24.9 Å². The molecule has 0 spiro atoms. The van der Waals surface area contributed by atoms with Crippen molar-refractivity contribution in [1.82, 2.24) is 0 Å². The van der Waals surface area contributed by atoms with E-state index < -0.39 is 159 Å². The fraction of sp³-hybridized carbons (Fsp3) is 0.222. The van der Waals surface area contributed by atoms with Gasteiger partial charge in [-0.1, -0.05) is 164 Å². The highest BCUT2D eigenvalue weighted by molar-refractivity contribution is 5.94. The largest absolute Gasteiger partial charge is 0.459 e. The van der Waals surface area contributed by atoms with Crippen molar-refractivity contribution in [3.8, 4) is 0 Å². The number of carbonyl (C=O) groups is 9. The van der Waals surface area contributed by atoms with Gasteiger partial charge < -0.3 is 71.4 Å². The molecule has 536 valence electrons. The average Bonchev–Trinajstić information content (AvgIpc) is 0.766. The Morgan fingerprint density at radius 3 is 0.848 bits per heavy atom. The van der Waals surface area contributed by atoms with E-state index in [9.17, 15) is 43.5 Å². The van der Waals surface area contributed by atoms with Crippen LogP contribution in [0.3, 0.4) is 0 Å². The Kier molecular flexibility index (Phi) is 24.1. The Balaban J connectivity index is 0.981. The van der Waals surface area contributed by atoms with Gasteiger partial charge in [0.25, 0.3) is 0 Å². The van der Waals surface area contributed by atoms with Crippen LogP contribution in [0.1, 0.15) is 100 Å². The lowest BCUT2D eigenvalue weighted by atomic mass is 9.95. The molecule has 0 aliphatic carbocycles. The third-order valence-electron chi connectivity index (χ3n) is 17.1. The minimum absolute atomic E-state index is 0.00796. The molecule has 24 nitrogen and oxygen atoms in total. The van der Waals surface area contributed by atoms with Crippen molar-refractivity contribution in [3.05, 3.63) is 323 Å². The monoisotopic (exact) mass is 1420 g/mol. The van der Waals surface area contributed by atoms with Crippen LogP contribution in [-0.2, 0) is 66.3 Å². The van der Waals surface area contributed by atoms with E-state index in [0.29, 0.717) is 0 Å². The summed E-state index contributed by atoms with van der Waals surface area (Å²) in [6.07, 6.45) is -28.7. The molecule has 3 saturated heterocycles. The zero-order chi connectivity index (χ0) is 73.2. The summed E-state index contributed by atoms with van der Waals surface area (Å²) in [7, 11) is 0. The molecule has 24 heteroatoms. The lowest BCUT2D eigenvalue weighted by Gasteiger charge is -2.49. The quantitative estimate of drug-likeness (QED) is 0.0434. The van der Waals surface area contributed by atoms with Gasteiger partial charge in [0.15, 0.2) is 67.7 Å². The second-order valence-electron chi connectivity index (χ2n) is 24.1. The number of esters is 9. The predicted molar refractivity (Wildman–Crippen MR) is 367 cm³/mol. The number of aliphatic hydroxyl groups is 1. The fourth-order valence-electron chi connectivity index (χ4n) is 11.8. The van der Waals surface area contributed by atoms with Crippen LogP contribution in [0.25, 0.3) is 0 Å². The van der Waals surface area contributed by atoms with Gasteiger partial charge in [0.05, 0.1) is 62.8 Å². The molecule has 9 aromatic rings. The van der Waals surface area contributed by atoms with Crippen LogP contribution < -0.4 is 0 Å². The fourth-order valence-corrected chi connectivity index (χ4v) is 11.8. The third-order valence-corrected chi connectivity index (χ3v) is 17.1. The normalized spacial score (nSPS) is 24.0. The van der Waals surface area contributed by atoms with Crippen molar-refractivity contribution >= 4 is 53.7 Å². The van der Waals surface area contributed by atoms with E-state index in [-0.39, 0.29) is 50.1 Å². The highest BCUT2D eigenvalue weighted by atomic mass is 16.8. The zero-order valence-electron chi connectivity index (χ0n) is 55.9. The van der Waals surface area contributed by atoms with E-state index >= 15 is 4.79 Å². The van der Waals surface area contributed by atoms with Gasteiger partial charge >= 0.3 is 53.7 Å². The Morgan fingerprint density at radius 2 is 0.514 bits per heavy atom. The summed E-state index contributed by atoms with van der Waals surface area (Å²) in [6, 6.07) is 68.8. The number of hydrogen-bond acceptors (Lipinski definition) is 24. The van der Waals surface area contributed by atoms with E-state index in [0.717, 1.165) is 0 Å². The van der Waals surface area contributed by atoms with Gasteiger partial charge in [-0.15, -0.1) is 0 Å². The molecule has 3 heterocycles. The van der Waals surface area contributed by atoms with Gasteiger partial charge in [-0.2, -0.15) is 0 Å². The summed E-state index contributed by atoms with van der Waals surface area (Å²) in [6.45, 7) is -0.335. The molecule has 3 fully saturated rings. The first kappa shape index (κ1) is 72.7. The Morgan fingerprint density at radius 1 is 0.267 bits per heavy atom. The van der Waals surface area contributed by atoms with Gasteiger partial charge in [-0.25, -0.2) is 43.2 Å². The van der Waals surface area contributed by atoms with Gasteiger partial charge in [-0.05, 0) is 116 Å². The smallest absolute Gasteiger partial charge is 0.338 e. The molecule has 15 atom stereocenters. The van der Waals surface area contributed by atoms with E-state index in [1.54, 1.807) is 140 Å². The van der Waals surface area contributed by atoms with Crippen molar-refractivity contribution in [3.63, 3.8) is 0 Å². The van der Waals surface area contributed by atoms with Crippen LogP contribution in [0, 0.1) is 0 Å². The third kappa shape index (κ3) is 18.3. The van der Waals surface area contributed by atoms with E-state index in [1.165, 1.54) is 140 Å². The molecule has 0 radical (unpaired) electrons. The zero-order valence-corrected chi connectivity index (χ0v) is 55.9. The highest BCUT2D eigenvalue weighted by Gasteiger charge is 2.59. The van der Waals surface area contributed by atoms with Crippen molar-refractivity contribution in [2.75, 3.05) is 13.2 Å². The Bertz CT molecular complexity index is 4410. The van der Waals surface area contributed by atoms with Crippen molar-refractivity contribution < 1.29 is 115 Å². The summed E-state index contributed by atoms with van der Waals surface area (Å²) in [4.78, 5) is 131. The SMILES string of the molecule is C[C@@H]1O[C@@H](O[C@H]2[C@H](OC(=O)c3ccccc3)[C@@H](OC(=O)c3ccccc3)[C@H](OC[C@H]3O[C@H](O)[C@H](OC(=O)c4ccccc4)[C@@H](OC(=O)c4ccccc4)[C@@H]3OC(=O)c3ccccc3)O[C@@H]2COC(=O)c2ccccc2)[C@H](OC(=O)c2ccccc2)[C@H](OC(=O)c2ccccc2)[C@H]1OC(=O)c1ccccc1. The number of aliphatic hydroxyl groups excluding tert-OH is 1. The molecule has 0 unspecified atom stereocenters. The second-order valence-corrected chi connectivity index (χ2v) is 24.1. The molecule has 3 aliphatic heterocycles. The molecule has 1 N–H and O–H groups in total. The molecule has 3 aliphatic rings. The number of rotatable bonds is 24. The highest BCUT2D eigenvalue weighted by Crippen LogP contribution is 2.39. The van der Waals surface area contributed by atoms with Gasteiger partial charge in [-0.3, -0.25) is 0 Å². The van der Waals surface area contributed by atoms with Crippen molar-refractivity contribution in [1.29, 1.82) is 0 Å². The van der Waals surface area contributed by atoms with Crippen LogP contribution in [0.4, 0.5) is 0 Å². The lowest BCUT2D eigenvalue weighted by Crippen LogP contribution is -2.67. The summed E-state index contributed by atoms with van der Waals surface area (Å²) in [5.74, 6) is -9.10. The van der Waals surface area contributed by atoms with E-state index in [1.807, 2.05) is 0 Å². The molecule has 12 rings (SSSR count). The van der Waals surface area contributed by atoms with Crippen LogP contribution in [0.15, 0.2) is 273 Å². The summed E-state index contributed by atoms with van der Waals surface area (Å²) in [5.41, 5.74) is -0.0348. The molecule has 9 aromatic carbocycles. The number of ether oxygens (including phenoxy) is 14. The minimum atomic E-state index is -2.22. The standard InChI is InChI=1S/C81H68O24/c1-49-61(97-71(83)51-31-13-3-14-32-51)64(99-73(85)53-35-17-5-18-36-53)69(104-78(90)58-45-27-10-28-46-58)81(94-49)105-63-60(47-92-70(82)50-29-11-2-12-30-50)96-80(68(103-77(89)57-43-25-9-26-44-57)66(63)101-75(87)55-39-21-7-22-40-55)93-48-59-62(98-72(84)52-33-15-4-16-34-52)65(100-74(86)54-37-19-6-20-38-54)67(79(91)95-59)102-76(88)56-41-23-8-24-42-56/h2-46,49,59-69,79-81,91H,47-48H2,1H3/t49-,59+,60+,61-,62+,63+,64+,65-,66-,67+,68+,69+,79-,80+,81-/m0/s1. The first-order valence-corrected chi connectivity index (χ1v) is 33.4.